The molecule has 3 N–H and O–H groups in total. The Hall–Kier alpha value is -2.41. The van der Waals surface area contributed by atoms with Gasteiger partial charge in [0.15, 0.2) is 0 Å². The molecule has 2 aliphatic rings. The SMILES string of the molecule is CN(C)[C@]1(c2ccccc2)CC[C@@]2(CC1)CC(=O)N(CC(=O)NCC(N)=O)C2. The van der Waals surface area contributed by atoms with E-state index < -0.39 is 5.91 Å². The maximum Gasteiger partial charge on any atom is 0.240 e. The van der Waals surface area contributed by atoms with E-state index in [4.69, 9.17) is 5.73 Å². The Kier molecular flexibility index (Phi) is 5.74. The van der Waals surface area contributed by atoms with E-state index in [0.717, 1.165) is 25.7 Å². The molecule has 152 valence electrons. The van der Waals surface area contributed by atoms with Crippen LogP contribution in [0, 0.1) is 5.41 Å². The zero-order valence-corrected chi connectivity index (χ0v) is 16.7. The van der Waals surface area contributed by atoms with Crippen LogP contribution in [-0.2, 0) is 19.9 Å². The Labute approximate surface area is 166 Å². The lowest BCUT2D eigenvalue weighted by Gasteiger charge is -2.48. The average Bonchev–Trinajstić information content (AvgIpc) is 2.96. The molecule has 3 amide bonds. The van der Waals surface area contributed by atoms with Crippen molar-refractivity contribution in [3.63, 3.8) is 0 Å². The van der Waals surface area contributed by atoms with Crippen molar-refractivity contribution in [3.05, 3.63) is 35.9 Å². The number of nitrogens with two attached hydrogens (primary N) is 1. The molecule has 1 saturated carbocycles. The van der Waals surface area contributed by atoms with Crippen LogP contribution in [0.25, 0.3) is 0 Å². The van der Waals surface area contributed by atoms with Gasteiger partial charge in [-0.15, -0.1) is 0 Å². The molecular formula is C21H30N4O3. The molecule has 0 radical (unpaired) electrons. The monoisotopic (exact) mass is 386 g/mol. The van der Waals surface area contributed by atoms with Crippen molar-refractivity contribution in [1.29, 1.82) is 0 Å². The molecule has 0 bridgehead atoms. The van der Waals surface area contributed by atoms with E-state index in [0.29, 0.717) is 13.0 Å². The molecule has 1 aliphatic carbocycles. The van der Waals surface area contributed by atoms with Gasteiger partial charge in [-0.05, 0) is 50.8 Å². The minimum absolute atomic E-state index is 0.00856. The lowest BCUT2D eigenvalue weighted by atomic mass is 9.64. The Morgan fingerprint density at radius 1 is 1.14 bits per heavy atom. The maximum atomic E-state index is 12.5. The number of carbonyl (C=O) groups excluding carboxylic acids is 3. The van der Waals surface area contributed by atoms with Crippen molar-refractivity contribution in [1.82, 2.24) is 15.1 Å². The Morgan fingerprint density at radius 3 is 2.36 bits per heavy atom. The van der Waals surface area contributed by atoms with E-state index in [1.54, 1.807) is 4.90 Å². The van der Waals surface area contributed by atoms with Gasteiger partial charge in [0, 0.05) is 18.5 Å². The average molecular weight is 386 g/mol. The fourth-order valence-corrected chi connectivity index (χ4v) is 4.81. The van der Waals surface area contributed by atoms with Crippen LogP contribution in [0.1, 0.15) is 37.7 Å². The van der Waals surface area contributed by atoms with Crippen molar-refractivity contribution in [2.45, 2.75) is 37.6 Å². The zero-order valence-electron chi connectivity index (χ0n) is 16.7. The molecule has 1 aliphatic heterocycles. The van der Waals surface area contributed by atoms with Crippen molar-refractivity contribution >= 4 is 17.7 Å². The van der Waals surface area contributed by atoms with Crippen LogP contribution >= 0.6 is 0 Å². The first-order valence-electron chi connectivity index (χ1n) is 9.82. The number of benzene rings is 1. The number of amides is 3. The molecule has 0 aromatic heterocycles. The second-order valence-corrected chi connectivity index (χ2v) is 8.46. The van der Waals surface area contributed by atoms with Crippen LogP contribution < -0.4 is 11.1 Å². The molecule has 7 heteroatoms. The summed E-state index contributed by atoms with van der Waals surface area (Å²) in [5, 5.41) is 2.46. The highest BCUT2D eigenvalue weighted by molar-refractivity contribution is 5.88. The fourth-order valence-electron chi connectivity index (χ4n) is 4.81. The van der Waals surface area contributed by atoms with Gasteiger partial charge >= 0.3 is 0 Å². The van der Waals surface area contributed by atoms with Crippen LogP contribution in [0.2, 0.25) is 0 Å². The minimum Gasteiger partial charge on any atom is -0.368 e. The predicted molar refractivity (Wildman–Crippen MR) is 106 cm³/mol. The first-order chi connectivity index (χ1) is 13.3. The van der Waals surface area contributed by atoms with Gasteiger partial charge in [-0.25, -0.2) is 0 Å². The number of primary amides is 1. The van der Waals surface area contributed by atoms with Gasteiger partial charge in [0.05, 0.1) is 13.1 Å². The van der Waals surface area contributed by atoms with Crippen molar-refractivity contribution in [2.75, 3.05) is 33.7 Å². The topological polar surface area (TPSA) is 95.7 Å². The zero-order chi connectivity index (χ0) is 20.4. The number of hydrogen-bond donors (Lipinski definition) is 2. The number of carbonyl (C=O) groups is 3. The summed E-state index contributed by atoms with van der Waals surface area (Å²) in [5.41, 5.74) is 6.30. The number of nitrogens with one attached hydrogen (secondary N) is 1. The molecule has 1 spiro atoms. The smallest absolute Gasteiger partial charge is 0.240 e. The molecule has 1 aromatic rings. The molecule has 1 saturated heterocycles. The minimum atomic E-state index is -0.592. The molecule has 0 unspecified atom stereocenters. The summed E-state index contributed by atoms with van der Waals surface area (Å²) in [5.74, 6) is -0.913. The molecular weight excluding hydrogens is 356 g/mol. The third-order valence-electron chi connectivity index (χ3n) is 6.50. The van der Waals surface area contributed by atoms with E-state index in [9.17, 15) is 14.4 Å². The largest absolute Gasteiger partial charge is 0.368 e. The van der Waals surface area contributed by atoms with Gasteiger partial charge in [0.1, 0.15) is 0 Å². The summed E-state index contributed by atoms with van der Waals surface area (Å²) in [6, 6.07) is 10.6. The van der Waals surface area contributed by atoms with E-state index in [2.05, 4.69) is 48.6 Å². The van der Waals surface area contributed by atoms with Crippen molar-refractivity contribution in [3.8, 4) is 0 Å². The first-order valence-corrected chi connectivity index (χ1v) is 9.82. The van der Waals surface area contributed by atoms with Crippen LogP contribution in [0.3, 0.4) is 0 Å². The third-order valence-corrected chi connectivity index (χ3v) is 6.50. The van der Waals surface area contributed by atoms with Gasteiger partial charge in [-0.1, -0.05) is 30.3 Å². The Morgan fingerprint density at radius 2 is 1.79 bits per heavy atom. The standard InChI is InChI=1S/C21H30N4O3/c1-24(2)21(16-6-4-3-5-7-16)10-8-20(9-11-21)12-19(28)25(15-20)14-18(27)23-13-17(22)26/h3-7H,8-15H2,1-2H3,(H2,22,26)(H,23,27)/t20-,21-. The second-order valence-electron chi connectivity index (χ2n) is 8.46. The molecule has 3 rings (SSSR count). The second kappa shape index (κ2) is 7.91. The van der Waals surface area contributed by atoms with E-state index in [1.165, 1.54) is 5.56 Å². The first kappa shape index (κ1) is 20.3. The van der Waals surface area contributed by atoms with Crippen LogP contribution in [0.4, 0.5) is 0 Å². The maximum absolute atomic E-state index is 12.5. The number of rotatable bonds is 6. The molecule has 1 aromatic carbocycles. The van der Waals surface area contributed by atoms with Gasteiger partial charge in [0.25, 0.3) is 0 Å². The Balaban J connectivity index is 1.66. The number of nitrogens with zero attached hydrogens (tertiary/aromatic N) is 2. The fraction of sp³-hybridized carbons (Fsp3) is 0.571. The molecule has 28 heavy (non-hydrogen) atoms. The number of hydrogen-bond acceptors (Lipinski definition) is 4. The highest BCUT2D eigenvalue weighted by atomic mass is 16.2. The molecule has 2 fully saturated rings. The summed E-state index contributed by atoms with van der Waals surface area (Å²) in [4.78, 5) is 39.2. The predicted octanol–water partition coefficient (Wildman–Crippen LogP) is 0.838. The van der Waals surface area contributed by atoms with E-state index in [-0.39, 0.29) is 35.9 Å². The summed E-state index contributed by atoms with van der Waals surface area (Å²) >= 11 is 0. The normalized spacial score (nSPS) is 27.4. The molecule has 7 nitrogen and oxygen atoms in total. The van der Waals surface area contributed by atoms with E-state index in [1.807, 2.05) is 6.07 Å². The van der Waals surface area contributed by atoms with Gasteiger partial charge < -0.3 is 16.0 Å². The van der Waals surface area contributed by atoms with Gasteiger partial charge in [-0.3, -0.25) is 19.3 Å². The van der Waals surface area contributed by atoms with Crippen LogP contribution in [-0.4, -0.2) is 61.3 Å². The quantitative estimate of drug-likeness (QED) is 0.757. The van der Waals surface area contributed by atoms with Gasteiger partial charge in [-0.2, -0.15) is 0 Å². The molecule has 1 heterocycles. The summed E-state index contributed by atoms with van der Waals surface area (Å²) in [6.07, 6.45) is 4.36. The van der Waals surface area contributed by atoms with Crippen molar-refractivity contribution < 1.29 is 14.4 Å². The summed E-state index contributed by atoms with van der Waals surface area (Å²) in [7, 11) is 4.25. The van der Waals surface area contributed by atoms with Crippen LogP contribution in [0.15, 0.2) is 30.3 Å². The highest BCUT2D eigenvalue weighted by Gasteiger charge is 2.50. The molecule has 0 atom stereocenters. The summed E-state index contributed by atoms with van der Waals surface area (Å²) < 4.78 is 0. The van der Waals surface area contributed by atoms with Crippen molar-refractivity contribution in [2.24, 2.45) is 11.1 Å². The van der Waals surface area contributed by atoms with E-state index >= 15 is 0 Å². The third kappa shape index (κ3) is 4.04. The van der Waals surface area contributed by atoms with Crippen LogP contribution in [0.5, 0.6) is 0 Å². The van der Waals surface area contributed by atoms with Gasteiger partial charge in [0.2, 0.25) is 17.7 Å². The lowest BCUT2D eigenvalue weighted by Crippen LogP contribution is -2.47. The Bertz CT molecular complexity index is 739. The highest BCUT2D eigenvalue weighted by Crippen LogP contribution is 2.51. The lowest BCUT2D eigenvalue weighted by molar-refractivity contribution is -0.133. The number of likely N-dealkylation sites (tertiary alicyclic amines) is 1. The summed E-state index contributed by atoms with van der Waals surface area (Å²) in [6.45, 7) is 0.397.